The van der Waals surface area contributed by atoms with Gasteiger partial charge in [-0.25, -0.2) is 14.5 Å². The van der Waals surface area contributed by atoms with E-state index in [1.807, 2.05) is 28.9 Å². The Balaban J connectivity index is 1.48. The number of hydrogen-bond acceptors (Lipinski definition) is 6. The van der Waals surface area contributed by atoms with Crippen LogP contribution in [0.15, 0.2) is 53.3 Å². The van der Waals surface area contributed by atoms with Crippen molar-refractivity contribution in [2.75, 3.05) is 10.6 Å². The summed E-state index contributed by atoms with van der Waals surface area (Å²) < 4.78 is 7.70. The maximum atomic E-state index is 5.73. The molecule has 4 heterocycles. The molecule has 0 aliphatic heterocycles. The molecule has 30 heavy (non-hydrogen) atoms. The lowest BCUT2D eigenvalue weighted by atomic mass is 10.1. The lowest BCUT2D eigenvalue weighted by Crippen LogP contribution is -2.16. The average Bonchev–Trinajstić information content (AvgIpc) is 3.19. The number of furan rings is 1. The van der Waals surface area contributed by atoms with Crippen molar-refractivity contribution in [1.82, 2.24) is 19.6 Å². The van der Waals surface area contributed by atoms with Crippen LogP contribution in [-0.4, -0.2) is 31.7 Å². The number of hydrogen-bond donors (Lipinski definition) is 2. The summed E-state index contributed by atoms with van der Waals surface area (Å²) in [5, 5.41) is 12.0. The van der Waals surface area contributed by atoms with Crippen LogP contribution in [0.5, 0.6) is 0 Å². The van der Waals surface area contributed by atoms with Gasteiger partial charge >= 0.3 is 0 Å². The van der Waals surface area contributed by atoms with Crippen molar-refractivity contribution < 1.29 is 4.42 Å². The summed E-state index contributed by atoms with van der Waals surface area (Å²) in [7, 11) is 0. The Bertz CT molecular complexity index is 1170. The van der Waals surface area contributed by atoms with Crippen LogP contribution in [0.4, 0.5) is 11.8 Å². The highest BCUT2D eigenvalue weighted by molar-refractivity contribution is 5.90. The summed E-state index contributed by atoms with van der Waals surface area (Å²) in [4.78, 5) is 9.33. The fraction of sp³-hybridized carbons (Fsp3) is 0.348. The van der Waals surface area contributed by atoms with Gasteiger partial charge in [0.1, 0.15) is 11.5 Å². The van der Waals surface area contributed by atoms with Crippen LogP contribution in [-0.2, 0) is 0 Å². The second-order valence-corrected chi connectivity index (χ2v) is 8.22. The third-order valence-electron chi connectivity index (χ3n) is 5.94. The number of anilines is 2. The highest BCUT2D eigenvalue weighted by Crippen LogP contribution is 2.36. The monoisotopic (exact) mass is 400 g/mol. The van der Waals surface area contributed by atoms with E-state index in [0.29, 0.717) is 18.0 Å². The molecule has 0 aromatic carbocycles. The first-order valence-electron chi connectivity index (χ1n) is 10.8. The molecular formula is C23H24N6O. The summed E-state index contributed by atoms with van der Waals surface area (Å²) in [6.07, 6.45) is 10.8. The van der Waals surface area contributed by atoms with Crippen LogP contribution in [0.3, 0.4) is 0 Å². The van der Waals surface area contributed by atoms with Gasteiger partial charge < -0.3 is 15.1 Å². The minimum absolute atomic E-state index is 0.461. The smallest absolute Gasteiger partial charge is 0.223 e. The number of aromatic nitrogens is 4. The molecule has 0 atom stereocenters. The summed E-state index contributed by atoms with van der Waals surface area (Å²) in [6.45, 7) is 0. The van der Waals surface area contributed by atoms with E-state index in [1.54, 1.807) is 6.26 Å². The molecule has 2 fully saturated rings. The molecule has 2 aliphatic carbocycles. The lowest BCUT2D eigenvalue weighted by Gasteiger charge is -2.12. The van der Waals surface area contributed by atoms with Crippen LogP contribution in [0.25, 0.3) is 28.2 Å². The molecule has 0 saturated heterocycles. The van der Waals surface area contributed by atoms with E-state index in [9.17, 15) is 0 Å². The third-order valence-corrected chi connectivity index (χ3v) is 5.94. The Morgan fingerprint density at radius 3 is 2.60 bits per heavy atom. The number of fused-ring (bicyclic) bond motifs is 1. The Kier molecular flexibility index (Phi) is 4.18. The summed E-state index contributed by atoms with van der Waals surface area (Å²) >= 11 is 0. The first-order chi connectivity index (χ1) is 14.8. The zero-order valence-corrected chi connectivity index (χ0v) is 16.7. The largest absolute Gasteiger partial charge is 0.463 e. The average molecular weight is 400 g/mol. The maximum Gasteiger partial charge on any atom is 0.223 e. The second kappa shape index (κ2) is 7.16. The van der Waals surface area contributed by atoms with Gasteiger partial charge in [0, 0.05) is 18.3 Å². The van der Waals surface area contributed by atoms with Crippen molar-refractivity contribution >= 4 is 17.3 Å². The van der Waals surface area contributed by atoms with Crippen LogP contribution in [0.1, 0.15) is 38.5 Å². The van der Waals surface area contributed by atoms with Crippen LogP contribution >= 0.6 is 0 Å². The lowest BCUT2D eigenvalue weighted by molar-refractivity contribution is 0.579. The van der Waals surface area contributed by atoms with Gasteiger partial charge in [0.2, 0.25) is 5.95 Å². The molecule has 0 spiro atoms. The molecule has 152 valence electrons. The molecule has 2 saturated carbocycles. The van der Waals surface area contributed by atoms with Gasteiger partial charge in [-0.15, -0.1) is 0 Å². The summed E-state index contributed by atoms with van der Waals surface area (Å²) in [6, 6.07) is 13.0. The Morgan fingerprint density at radius 1 is 0.933 bits per heavy atom. The van der Waals surface area contributed by atoms with Gasteiger partial charge in [-0.3, -0.25) is 0 Å². The van der Waals surface area contributed by atoms with Gasteiger partial charge in [0.25, 0.3) is 0 Å². The molecule has 0 unspecified atom stereocenters. The molecular weight excluding hydrogens is 376 g/mol. The summed E-state index contributed by atoms with van der Waals surface area (Å²) in [5.41, 5.74) is 3.59. The van der Waals surface area contributed by atoms with E-state index >= 15 is 0 Å². The Morgan fingerprint density at radius 2 is 1.80 bits per heavy atom. The molecule has 0 radical (unpaired) electrons. The summed E-state index contributed by atoms with van der Waals surface area (Å²) in [5.74, 6) is 2.40. The minimum atomic E-state index is 0.461. The first kappa shape index (κ1) is 17.5. The topological polar surface area (TPSA) is 80.3 Å². The zero-order valence-electron chi connectivity index (χ0n) is 16.7. The van der Waals surface area contributed by atoms with Crippen LogP contribution in [0, 0.1) is 0 Å². The second-order valence-electron chi connectivity index (χ2n) is 8.22. The van der Waals surface area contributed by atoms with E-state index in [1.165, 1.54) is 38.5 Å². The van der Waals surface area contributed by atoms with E-state index in [0.717, 1.165) is 34.0 Å². The first-order valence-corrected chi connectivity index (χ1v) is 10.8. The van der Waals surface area contributed by atoms with Gasteiger partial charge in [-0.05, 0) is 56.0 Å². The van der Waals surface area contributed by atoms with Gasteiger partial charge in [0.15, 0.2) is 5.76 Å². The van der Waals surface area contributed by atoms with E-state index in [4.69, 9.17) is 14.5 Å². The quantitative estimate of drug-likeness (QED) is 0.475. The van der Waals surface area contributed by atoms with Gasteiger partial charge in [0.05, 0.1) is 23.0 Å². The molecule has 7 heteroatoms. The van der Waals surface area contributed by atoms with E-state index in [2.05, 4.69) is 33.8 Å². The highest BCUT2D eigenvalue weighted by Gasteiger charge is 2.25. The van der Waals surface area contributed by atoms with Gasteiger partial charge in [-0.2, -0.15) is 5.10 Å². The Labute approximate surface area is 174 Å². The number of nitrogens with one attached hydrogen (secondary N) is 2. The molecule has 0 amide bonds. The van der Waals surface area contributed by atoms with Crippen molar-refractivity contribution in [3.8, 4) is 22.7 Å². The number of nitrogens with zero attached hydrogens (tertiary/aromatic N) is 4. The fourth-order valence-electron chi connectivity index (χ4n) is 4.27. The van der Waals surface area contributed by atoms with Crippen LogP contribution in [0.2, 0.25) is 0 Å². The molecule has 4 aromatic heterocycles. The van der Waals surface area contributed by atoms with Crippen molar-refractivity contribution in [3.05, 3.63) is 48.9 Å². The SMILES string of the molecule is c1coc(-c2nn3c(NC4CC4)cccc3c2-c2ccnc(NC3CCCC3)n2)c1. The predicted octanol–water partition coefficient (Wildman–Crippen LogP) is 4.98. The fourth-order valence-corrected chi connectivity index (χ4v) is 4.27. The maximum absolute atomic E-state index is 5.73. The third kappa shape index (κ3) is 3.20. The molecule has 6 rings (SSSR count). The molecule has 4 aromatic rings. The molecule has 2 N–H and O–H groups in total. The standard InChI is InChI=1S/C23H24N6O/c1-2-6-15(5-1)26-23-24-13-12-17(27-23)21-18-7-3-9-20(25-16-10-11-16)29(18)28-22(21)19-8-4-14-30-19/h3-4,7-9,12-16,25H,1-2,5-6,10-11H2,(H,24,26,27). The number of rotatable bonds is 6. The molecule has 7 nitrogen and oxygen atoms in total. The highest BCUT2D eigenvalue weighted by atomic mass is 16.3. The van der Waals surface area contributed by atoms with Crippen molar-refractivity contribution in [2.24, 2.45) is 0 Å². The molecule has 2 aliphatic rings. The van der Waals surface area contributed by atoms with E-state index in [-0.39, 0.29) is 0 Å². The predicted molar refractivity (Wildman–Crippen MR) is 116 cm³/mol. The van der Waals surface area contributed by atoms with E-state index < -0.39 is 0 Å². The molecule has 0 bridgehead atoms. The van der Waals surface area contributed by atoms with Crippen molar-refractivity contribution in [2.45, 2.75) is 50.6 Å². The normalized spacial score (nSPS) is 16.9. The zero-order chi connectivity index (χ0) is 19.9. The number of pyridine rings is 1. The van der Waals surface area contributed by atoms with Crippen molar-refractivity contribution in [1.29, 1.82) is 0 Å². The van der Waals surface area contributed by atoms with Crippen LogP contribution < -0.4 is 10.6 Å². The van der Waals surface area contributed by atoms with Gasteiger partial charge in [-0.1, -0.05) is 18.9 Å². The minimum Gasteiger partial charge on any atom is -0.463 e. The Hall–Kier alpha value is -3.35. The van der Waals surface area contributed by atoms with Crippen molar-refractivity contribution in [3.63, 3.8) is 0 Å².